The smallest absolute Gasteiger partial charge is 0.317 e. The van der Waals surface area contributed by atoms with Gasteiger partial charge in [0.05, 0.1) is 12.5 Å². The fourth-order valence-electron chi connectivity index (χ4n) is 2.78. The summed E-state index contributed by atoms with van der Waals surface area (Å²) in [6, 6.07) is 6.81. The normalized spacial score (nSPS) is 21.6. The summed E-state index contributed by atoms with van der Waals surface area (Å²) >= 11 is 0. The average Bonchev–Trinajstić information content (AvgIpc) is 2.80. The van der Waals surface area contributed by atoms with Crippen molar-refractivity contribution in [1.29, 1.82) is 0 Å². The predicted octanol–water partition coefficient (Wildman–Crippen LogP) is 0.171. The SMILES string of the molecule is O=C(Cc1cccc(O)c1)N1CCN2C(=O)NCC2C1. The average molecular weight is 275 g/mol. The van der Waals surface area contributed by atoms with Crippen LogP contribution in [-0.4, -0.2) is 59.1 Å². The molecule has 3 rings (SSSR count). The van der Waals surface area contributed by atoms with Gasteiger partial charge in [0.1, 0.15) is 5.75 Å². The van der Waals surface area contributed by atoms with Crippen molar-refractivity contribution in [3.05, 3.63) is 29.8 Å². The summed E-state index contributed by atoms with van der Waals surface area (Å²) < 4.78 is 0. The highest BCUT2D eigenvalue weighted by atomic mass is 16.3. The molecular formula is C14H17N3O3. The molecule has 2 aliphatic heterocycles. The number of carbonyl (C=O) groups is 2. The molecule has 6 heteroatoms. The van der Waals surface area contributed by atoms with Gasteiger partial charge in [-0.25, -0.2) is 4.79 Å². The number of piperazine rings is 1. The summed E-state index contributed by atoms with van der Waals surface area (Å²) in [5, 5.41) is 12.2. The summed E-state index contributed by atoms with van der Waals surface area (Å²) in [5.74, 6) is 0.209. The van der Waals surface area contributed by atoms with Crippen LogP contribution in [0.15, 0.2) is 24.3 Å². The van der Waals surface area contributed by atoms with Gasteiger partial charge in [0.2, 0.25) is 5.91 Å². The molecule has 0 bridgehead atoms. The maximum Gasteiger partial charge on any atom is 0.317 e. The molecule has 3 amide bonds. The molecule has 1 aromatic carbocycles. The third-order valence-electron chi connectivity index (χ3n) is 3.85. The van der Waals surface area contributed by atoms with E-state index in [4.69, 9.17) is 0 Å². The molecule has 2 fully saturated rings. The Morgan fingerprint density at radius 2 is 2.25 bits per heavy atom. The quantitative estimate of drug-likeness (QED) is 0.808. The van der Waals surface area contributed by atoms with E-state index in [-0.39, 0.29) is 30.2 Å². The van der Waals surface area contributed by atoms with Crippen LogP contribution in [-0.2, 0) is 11.2 Å². The number of rotatable bonds is 2. The Kier molecular flexibility index (Phi) is 3.22. The Bertz CT molecular complexity index is 546. The van der Waals surface area contributed by atoms with E-state index in [0.29, 0.717) is 26.2 Å². The molecule has 106 valence electrons. The number of carbonyl (C=O) groups excluding carboxylic acids is 2. The zero-order valence-corrected chi connectivity index (χ0v) is 11.1. The van der Waals surface area contributed by atoms with Gasteiger partial charge in [-0.05, 0) is 17.7 Å². The van der Waals surface area contributed by atoms with Gasteiger partial charge >= 0.3 is 6.03 Å². The summed E-state index contributed by atoms with van der Waals surface area (Å²) in [7, 11) is 0. The summed E-state index contributed by atoms with van der Waals surface area (Å²) in [5.41, 5.74) is 0.804. The second-order valence-electron chi connectivity index (χ2n) is 5.22. The van der Waals surface area contributed by atoms with Crippen LogP contribution in [0.1, 0.15) is 5.56 Å². The molecule has 1 atom stereocenters. The number of phenolic OH excluding ortho intramolecular Hbond substituents is 1. The van der Waals surface area contributed by atoms with E-state index < -0.39 is 0 Å². The fourth-order valence-corrected chi connectivity index (χ4v) is 2.78. The number of aromatic hydroxyl groups is 1. The molecule has 1 unspecified atom stereocenters. The molecule has 1 aromatic rings. The summed E-state index contributed by atoms with van der Waals surface area (Å²) in [4.78, 5) is 27.4. The Morgan fingerprint density at radius 3 is 3.05 bits per heavy atom. The molecule has 0 aromatic heterocycles. The van der Waals surface area contributed by atoms with E-state index in [1.54, 1.807) is 28.0 Å². The van der Waals surface area contributed by atoms with E-state index in [1.807, 2.05) is 6.07 Å². The van der Waals surface area contributed by atoms with E-state index in [0.717, 1.165) is 5.56 Å². The van der Waals surface area contributed by atoms with E-state index in [9.17, 15) is 14.7 Å². The van der Waals surface area contributed by atoms with Gasteiger partial charge in [0.15, 0.2) is 0 Å². The van der Waals surface area contributed by atoms with Gasteiger partial charge in [0.25, 0.3) is 0 Å². The number of nitrogens with one attached hydrogen (secondary N) is 1. The number of nitrogens with zero attached hydrogens (tertiary/aromatic N) is 2. The van der Waals surface area contributed by atoms with Crippen LogP contribution in [0, 0.1) is 0 Å². The van der Waals surface area contributed by atoms with Gasteiger partial charge in [-0.1, -0.05) is 12.1 Å². The third kappa shape index (κ3) is 2.41. The van der Waals surface area contributed by atoms with Gasteiger partial charge in [-0.2, -0.15) is 0 Å². The molecule has 2 N–H and O–H groups in total. The molecule has 2 saturated heterocycles. The Balaban J connectivity index is 1.62. The van der Waals surface area contributed by atoms with Gasteiger partial charge in [-0.15, -0.1) is 0 Å². The minimum Gasteiger partial charge on any atom is -0.508 e. The predicted molar refractivity (Wildman–Crippen MR) is 72.3 cm³/mol. The van der Waals surface area contributed by atoms with E-state index >= 15 is 0 Å². The highest BCUT2D eigenvalue weighted by molar-refractivity contribution is 5.81. The van der Waals surface area contributed by atoms with Crippen LogP contribution < -0.4 is 5.32 Å². The molecule has 2 heterocycles. The number of urea groups is 1. The molecule has 20 heavy (non-hydrogen) atoms. The first-order valence-electron chi connectivity index (χ1n) is 6.73. The lowest BCUT2D eigenvalue weighted by atomic mass is 10.1. The lowest BCUT2D eigenvalue weighted by molar-refractivity contribution is -0.132. The Morgan fingerprint density at radius 1 is 1.40 bits per heavy atom. The van der Waals surface area contributed by atoms with Crippen molar-refractivity contribution in [3.63, 3.8) is 0 Å². The minimum absolute atomic E-state index is 0.0323. The van der Waals surface area contributed by atoms with Crippen LogP contribution >= 0.6 is 0 Å². The van der Waals surface area contributed by atoms with Crippen molar-refractivity contribution in [2.45, 2.75) is 12.5 Å². The largest absolute Gasteiger partial charge is 0.508 e. The van der Waals surface area contributed by atoms with Crippen LogP contribution in [0.2, 0.25) is 0 Å². The first kappa shape index (κ1) is 12.8. The number of hydrogen-bond donors (Lipinski definition) is 2. The maximum atomic E-state index is 12.3. The summed E-state index contributed by atoms with van der Waals surface area (Å²) in [6.45, 7) is 2.34. The van der Waals surface area contributed by atoms with Crippen molar-refractivity contribution in [2.24, 2.45) is 0 Å². The second-order valence-corrected chi connectivity index (χ2v) is 5.22. The minimum atomic E-state index is -0.0323. The van der Waals surface area contributed by atoms with Crippen LogP contribution in [0.4, 0.5) is 4.79 Å². The molecule has 0 radical (unpaired) electrons. The highest BCUT2D eigenvalue weighted by Crippen LogP contribution is 2.16. The maximum absolute atomic E-state index is 12.3. The van der Waals surface area contributed by atoms with Crippen molar-refractivity contribution in [3.8, 4) is 5.75 Å². The monoisotopic (exact) mass is 275 g/mol. The van der Waals surface area contributed by atoms with Crippen molar-refractivity contribution in [2.75, 3.05) is 26.2 Å². The molecule has 2 aliphatic rings. The Hall–Kier alpha value is -2.24. The molecule has 0 saturated carbocycles. The van der Waals surface area contributed by atoms with Crippen molar-refractivity contribution < 1.29 is 14.7 Å². The van der Waals surface area contributed by atoms with Crippen LogP contribution in [0.5, 0.6) is 5.75 Å². The molecule has 6 nitrogen and oxygen atoms in total. The number of benzene rings is 1. The first-order chi connectivity index (χ1) is 9.63. The van der Waals surface area contributed by atoms with Gasteiger partial charge < -0.3 is 20.2 Å². The molecule has 0 aliphatic carbocycles. The highest BCUT2D eigenvalue weighted by Gasteiger charge is 2.36. The van der Waals surface area contributed by atoms with Crippen molar-refractivity contribution >= 4 is 11.9 Å². The van der Waals surface area contributed by atoms with Gasteiger partial charge in [-0.3, -0.25) is 4.79 Å². The van der Waals surface area contributed by atoms with Gasteiger partial charge in [0, 0.05) is 26.2 Å². The summed E-state index contributed by atoms with van der Waals surface area (Å²) in [6.07, 6.45) is 0.280. The first-order valence-corrected chi connectivity index (χ1v) is 6.73. The van der Waals surface area contributed by atoms with E-state index in [2.05, 4.69) is 5.32 Å². The lowest BCUT2D eigenvalue weighted by Gasteiger charge is -2.36. The number of hydrogen-bond acceptors (Lipinski definition) is 3. The third-order valence-corrected chi connectivity index (χ3v) is 3.85. The molecular weight excluding hydrogens is 258 g/mol. The van der Waals surface area contributed by atoms with Crippen LogP contribution in [0.3, 0.4) is 0 Å². The fraction of sp³-hybridized carbons (Fsp3) is 0.429. The lowest BCUT2D eigenvalue weighted by Crippen LogP contribution is -2.54. The second kappa shape index (κ2) is 5.03. The number of amides is 3. The Labute approximate surface area is 117 Å². The van der Waals surface area contributed by atoms with Crippen molar-refractivity contribution in [1.82, 2.24) is 15.1 Å². The standard InChI is InChI=1S/C14H17N3O3/c18-12-3-1-2-10(6-12)7-13(19)16-4-5-17-11(9-16)8-15-14(17)20/h1-3,6,11,18H,4-5,7-9H2,(H,15,20). The zero-order chi connectivity index (χ0) is 14.1. The van der Waals surface area contributed by atoms with Crippen LogP contribution in [0.25, 0.3) is 0 Å². The topological polar surface area (TPSA) is 72.9 Å². The van der Waals surface area contributed by atoms with E-state index in [1.165, 1.54) is 0 Å². The molecule has 0 spiro atoms. The zero-order valence-electron chi connectivity index (χ0n) is 11.1. The number of fused-ring (bicyclic) bond motifs is 1. The number of phenols is 1.